The fourth-order valence-electron chi connectivity index (χ4n) is 1.85. The van der Waals surface area contributed by atoms with E-state index in [-0.39, 0.29) is 0 Å². The van der Waals surface area contributed by atoms with E-state index in [1.807, 2.05) is 13.0 Å². The molecule has 0 amide bonds. The van der Waals surface area contributed by atoms with Crippen LogP contribution >= 0.6 is 0 Å². The van der Waals surface area contributed by atoms with Crippen LogP contribution in [0.3, 0.4) is 0 Å². The van der Waals surface area contributed by atoms with Crippen LogP contribution in [0.4, 0.5) is 0 Å². The van der Waals surface area contributed by atoms with Crippen LogP contribution in [0.5, 0.6) is 5.88 Å². The first-order valence-electron chi connectivity index (χ1n) is 5.52. The molecule has 0 aliphatic heterocycles. The molecule has 0 aromatic carbocycles. The summed E-state index contributed by atoms with van der Waals surface area (Å²) in [6.07, 6.45) is 0. The summed E-state index contributed by atoms with van der Waals surface area (Å²) in [5, 5.41) is 0. The van der Waals surface area contributed by atoms with Crippen LogP contribution in [-0.2, 0) is 0 Å². The average Bonchev–Trinajstić information content (AvgIpc) is 2.90. The molecule has 0 aliphatic rings. The van der Waals surface area contributed by atoms with Crippen molar-refractivity contribution in [2.45, 2.75) is 13.8 Å². The van der Waals surface area contributed by atoms with Crippen LogP contribution in [0, 0.1) is 13.8 Å². The largest absolute Gasteiger partial charge is 0.481 e. The van der Waals surface area contributed by atoms with Gasteiger partial charge in [0.15, 0.2) is 23.1 Å². The topological polar surface area (TPSA) is 76.8 Å². The predicted octanol–water partition coefficient (Wildman–Crippen LogP) is 2.24. The Morgan fingerprint density at radius 3 is 2.67 bits per heavy atom. The normalized spacial score (nSPS) is 11.1. The number of H-pyrrole nitrogens is 1. The number of nitrogens with zero attached hydrogens (tertiary/aromatic N) is 3. The Kier molecular flexibility index (Phi) is 2.29. The molecule has 3 heterocycles. The van der Waals surface area contributed by atoms with Gasteiger partial charge in [-0.3, -0.25) is 0 Å². The predicted molar refractivity (Wildman–Crippen MR) is 65.4 cm³/mol. The van der Waals surface area contributed by atoms with Crippen LogP contribution < -0.4 is 4.74 Å². The summed E-state index contributed by atoms with van der Waals surface area (Å²) in [6.45, 7) is 3.69. The third-order valence-electron chi connectivity index (χ3n) is 2.65. The Balaban J connectivity index is 2.16. The first-order valence-corrected chi connectivity index (χ1v) is 5.52. The van der Waals surface area contributed by atoms with Gasteiger partial charge in [-0.2, -0.15) is 4.98 Å². The Labute approximate surface area is 103 Å². The van der Waals surface area contributed by atoms with Crippen LogP contribution in [0.25, 0.3) is 22.7 Å². The number of nitrogens with one attached hydrogen (secondary N) is 1. The van der Waals surface area contributed by atoms with Gasteiger partial charge in [-0.1, -0.05) is 0 Å². The number of ether oxygens (including phenoxy) is 1. The van der Waals surface area contributed by atoms with Crippen molar-refractivity contribution >= 4 is 11.2 Å². The zero-order valence-corrected chi connectivity index (χ0v) is 10.3. The zero-order chi connectivity index (χ0) is 12.7. The van der Waals surface area contributed by atoms with Gasteiger partial charge in [0.25, 0.3) is 0 Å². The van der Waals surface area contributed by atoms with E-state index >= 15 is 0 Å². The standard InChI is InChI=1S/C12H12N4O2/c1-6-10(18-7(2)13-6)12-14-8-4-5-9(17-3)15-11(8)16-12/h4-5H,1-3H3,(H,14,15,16). The molecule has 18 heavy (non-hydrogen) atoms. The summed E-state index contributed by atoms with van der Waals surface area (Å²) in [4.78, 5) is 16.0. The summed E-state index contributed by atoms with van der Waals surface area (Å²) in [5.41, 5.74) is 2.23. The van der Waals surface area contributed by atoms with Crippen molar-refractivity contribution in [3.05, 3.63) is 23.7 Å². The Bertz CT molecular complexity index is 714. The molecule has 0 radical (unpaired) electrons. The molecule has 6 heteroatoms. The fourth-order valence-corrected chi connectivity index (χ4v) is 1.85. The molecule has 0 saturated carbocycles. The number of hydrogen-bond donors (Lipinski definition) is 1. The summed E-state index contributed by atoms with van der Waals surface area (Å²) in [7, 11) is 1.58. The van der Waals surface area contributed by atoms with E-state index in [0.29, 0.717) is 29.0 Å². The lowest BCUT2D eigenvalue weighted by atomic mass is 10.3. The van der Waals surface area contributed by atoms with E-state index in [1.54, 1.807) is 20.1 Å². The lowest BCUT2D eigenvalue weighted by Gasteiger charge is -1.95. The highest BCUT2D eigenvalue weighted by Gasteiger charge is 2.14. The molecule has 0 aliphatic carbocycles. The first kappa shape index (κ1) is 10.8. The number of methoxy groups -OCH3 is 1. The van der Waals surface area contributed by atoms with Gasteiger partial charge in [0.2, 0.25) is 5.88 Å². The second-order valence-corrected chi connectivity index (χ2v) is 3.96. The molecule has 3 aromatic heterocycles. The molecule has 3 aromatic rings. The van der Waals surface area contributed by atoms with Crippen molar-refractivity contribution in [1.82, 2.24) is 19.9 Å². The third-order valence-corrected chi connectivity index (χ3v) is 2.65. The minimum Gasteiger partial charge on any atom is -0.481 e. The van der Waals surface area contributed by atoms with Crippen molar-refractivity contribution in [2.75, 3.05) is 7.11 Å². The second kappa shape index (κ2) is 3.83. The molecule has 0 atom stereocenters. The third kappa shape index (κ3) is 1.62. The van der Waals surface area contributed by atoms with Gasteiger partial charge in [0.05, 0.1) is 18.3 Å². The number of aryl methyl sites for hydroxylation is 2. The number of rotatable bonds is 2. The van der Waals surface area contributed by atoms with Crippen molar-refractivity contribution in [3.63, 3.8) is 0 Å². The SMILES string of the molecule is COc1ccc2[nH]c(-c3oc(C)nc3C)nc2n1. The molecular formula is C12H12N4O2. The summed E-state index contributed by atoms with van der Waals surface area (Å²) in [6, 6.07) is 3.65. The van der Waals surface area contributed by atoms with Crippen molar-refractivity contribution in [1.29, 1.82) is 0 Å². The van der Waals surface area contributed by atoms with Gasteiger partial charge in [0, 0.05) is 13.0 Å². The number of imidazole rings is 1. The lowest BCUT2D eigenvalue weighted by Crippen LogP contribution is -1.86. The molecule has 6 nitrogen and oxygen atoms in total. The molecule has 0 saturated heterocycles. The molecule has 0 fully saturated rings. The molecule has 0 spiro atoms. The summed E-state index contributed by atoms with van der Waals surface area (Å²) >= 11 is 0. The Morgan fingerprint density at radius 2 is 2.00 bits per heavy atom. The number of hydrogen-bond acceptors (Lipinski definition) is 5. The van der Waals surface area contributed by atoms with Gasteiger partial charge < -0.3 is 14.1 Å². The summed E-state index contributed by atoms with van der Waals surface area (Å²) < 4.78 is 10.6. The lowest BCUT2D eigenvalue weighted by molar-refractivity contribution is 0.399. The number of pyridine rings is 1. The van der Waals surface area contributed by atoms with E-state index in [9.17, 15) is 0 Å². The molecule has 3 rings (SSSR count). The molecule has 0 bridgehead atoms. The number of fused-ring (bicyclic) bond motifs is 1. The number of oxazole rings is 1. The number of aromatic amines is 1. The monoisotopic (exact) mass is 244 g/mol. The first-order chi connectivity index (χ1) is 8.67. The van der Waals surface area contributed by atoms with Crippen molar-refractivity contribution < 1.29 is 9.15 Å². The molecule has 1 N–H and O–H groups in total. The van der Waals surface area contributed by atoms with Crippen LogP contribution in [0.15, 0.2) is 16.5 Å². The van der Waals surface area contributed by atoms with Crippen LogP contribution in [-0.4, -0.2) is 27.0 Å². The van der Waals surface area contributed by atoms with Crippen molar-refractivity contribution in [2.24, 2.45) is 0 Å². The van der Waals surface area contributed by atoms with Gasteiger partial charge in [-0.25, -0.2) is 9.97 Å². The maximum absolute atomic E-state index is 5.52. The highest BCUT2D eigenvalue weighted by Crippen LogP contribution is 2.24. The molecular weight excluding hydrogens is 232 g/mol. The van der Waals surface area contributed by atoms with Crippen LogP contribution in [0.1, 0.15) is 11.6 Å². The average molecular weight is 244 g/mol. The van der Waals surface area contributed by atoms with Gasteiger partial charge in [-0.05, 0) is 13.0 Å². The maximum Gasteiger partial charge on any atom is 0.215 e. The quantitative estimate of drug-likeness (QED) is 0.748. The van der Waals surface area contributed by atoms with Gasteiger partial charge in [0.1, 0.15) is 0 Å². The van der Waals surface area contributed by atoms with E-state index in [1.165, 1.54) is 0 Å². The minimum absolute atomic E-state index is 0.533. The van der Waals surface area contributed by atoms with E-state index in [0.717, 1.165) is 11.2 Å². The van der Waals surface area contributed by atoms with Crippen molar-refractivity contribution in [3.8, 4) is 17.5 Å². The highest BCUT2D eigenvalue weighted by atomic mass is 16.5. The summed E-state index contributed by atoms with van der Waals surface area (Å²) in [5.74, 6) is 2.42. The zero-order valence-electron chi connectivity index (χ0n) is 10.3. The van der Waals surface area contributed by atoms with E-state index < -0.39 is 0 Å². The fraction of sp³-hybridized carbons (Fsp3) is 0.250. The highest BCUT2D eigenvalue weighted by molar-refractivity contribution is 5.75. The second-order valence-electron chi connectivity index (χ2n) is 3.96. The van der Waals surface area contributed by atoms with Crippen LogP contribution in [0.2, 0.25) is 0 Å². The molecule has 0 unspecified atom stereocenters. The Morgan fingerprint density at radius 1 is 1.17 bits per heavy atom. The van der Waals surface area contributed by atoms with Gasteiger partial charge >= 0.3 is 0 Å². The van der Waals surface area contributed by atoms with E-state index in [4.69, 9.17) is 9.15 Å². The van der Waals surface area contributed by atoms with Gasteiger partial charge in [-0.15, -0.1) is 0 Å². The minimum atomic E-state index is 0.533. The molecule has 92 valence electrons. The van der Waals surface area contributed by atoms with E-state index in [2.05, 4.69) is 19.9 Å². The number of aromatic nitrogens is 4. The Hall–Kier alpha value is -2.37. The maximum atomic E-state index is 5.52. The smallest absolute Gasteiger partial charge is 0.215 e.